The first kappa shape index (κ1) is 13.9. The SMILES string of the molecule is CNC1CCCC(C2CCOC3(CCCCC3)C2)C1. The predicted molar refractivity (Wildman–Crippen MR) is 79.3 cm³/mol. The molecule has 3 unspecified atom stereocenters. The van der Waals surface area contributed by atoms with Gasteiger partial charge in [0.25, 0.3) is 0 Å². The summed E-state index contributed by atoms with van der Waals surface area (Å²) in [6.45, 7) is 1.03. The van der Waals surface area contributed by atoms with Crippen molar-refractivity contribution < 1.29 is 4.74 Å². The molecule has 0 radical (unpaired) electrons. The molecule has 0 bridgehead atoms. The predicted octanol–water partition coefficient (Wildman–Crippen LogP) is 3.89. The number of ether oxygens (including phenoxy) is 1. The molecule has 1 aliphatic heterocycles. The largest absolute Gasteiger partial charge is 0.375 e. The van der Waals surface area contributed by atoms with Crippen LogP contribution in [0.1, 0.15) is 70.6 Å². The molecular formula is C17H31NO. The van der Waals surface area contributed by atoms with Crippen LogP contribution in [-0.4, -0.2) is 25.3 Å². The maximum Gasteiger partial charge on any atom is 0.0685 e. The molecule has 3 fully saturated rings. The Hall–Kier alpha value is -0.0800. The lowest BCUT2D eigenvalue weighted by molar-refractivity contribution is -0.127. The molecule has 2 nitrogen and oxygen atoms in total. The Morgan fingerprint density at radius 2 is 1.79 bits per heavy atom. The van der Waals surface area contributed by atoms with Gasteiger partial charge in [0.2, 0.25) is 0 Å². The quantitative estimate of drug-likeness (QED) is 0.818. The monoisotopic (exact) mass is 265 g/mol. The van der Waals surface area contributed by atoms with Crippen LogP contribution < -0.4 is 5.32 Å². The summed E-state index contributed by atoms with van der Waals surface area (Å²) in [5.41, 5.74) is 0.299. The molecule has 3 aliphatic rings. The highest BCUT2D eigenvalue weighted by Gasteiger charge is 2.41. The van der Waals surface area contributed by atoms with Crippen LogP contribution in [0.3, 0.4) is 0 Å². The van der Waals surface area contributed by atoms with Gasteiger partial charge < -0.3 is 10.1 Å². The highest BCUT2D eigenvalue weighted by atomic mass is 16.5. The van der Waals surface area contributed by atoms with Crippen LogP contribution in [0, 0.1) is 11.8 Å². The highest BCUT2D eigenvalue weighted by molar-refractivity contribution is 4.93. The Bertz CT molecular complexity index is 279. The maximum absolute atomic E-state index is 6.27. The zero-order chi connectivity index (χ0) is 13.1. The molecule has 1 N–H and O–H groups in total. The normalized spacial score (nSPS) is 39.3. The second-order valence-electron chi connectivity index (χ2n) is 7.26. The molecular weight excluding hydrogens is 234 g/mol. The van der Waals surface area contributed by atoms with Crippen LogP contribution in [0.25, 0.3) is 0 Å². The molecule has 0 aromatic rings. The number of rotatable bonds is 2. The summed E-state index contributed by atoms with van der Waals surface area (Å²) in [4.78, 5) is 0. The summed E-state index contributed by atoms with van der Waals surface area (Å²) in [5.74, 6) is 1.91. The van der Waals surface area contributed by atoms with Gasteiger partial charge in [-0.3, -0.25) is 0 Å². The number of hydrogen-bond donors (Lipinski definition) is 1. The smallest absolute Gasteiger partial charge is 0.0685 e. The van der Waals surface area contributed by atoms with Crippen molar-refractivity contribution in [1.82, 2.24) is 5.32 Å². The zero-order valence-electron chi connectivity index (χ0n) is 12.6. The average molecular weight is 265 g/mol. The first-order chi connectivity index (χ1) is 9.31. The van der Waals surface area contributed by atoms with Gasteiger partial charge in [-0.1, -0.05) is 32.1 Å². The average Bonchev–Trinajstić information content (AvgIpc) is 2.48. The Kier molecular flexibility index (Phi) is 4.48. The van der Waals surface area contributed by atoms with Crippen LogP contribution in [0.4, 0.5) is 0 Å². The van der Waals surface area contributed by atoms with Crippen LogP contribution in [0.2, 0.25) is 0 Å². The zero-order valence-corrected chi connectivity index (χ0v) is 12.6. The molecule has 2 aliphatic carbocycles. The molecule has 0 aromatic heterocycles. The Labute approximate surface area is 118 Å². The van der Waals surface area contributed by atoms with Crippen molar-refractivity contribution in [3.63, 3.8) is 0 Å². The van der Waals surface area contributed by atoms with Crippen molar-refractivity contribution in [2.45, 2.75) is 82.3 Å². The first-order valence-electron chi connectivity index (χ1n) is 8.62. The molecule has 0 aromatic carbocycles. The molecule has 3 atom stereocenters. The van der Waals surface area contributed by atoms with E-state index in [9.17, 15) is 0 Å². The number of hydrogen-bond acceptors (Lipinski definition) is 2. The molecule has 110 valence electrons. The Morgan fingerprint density at radius 3 is 2.58 bits per heavy atom. The van der Waals surface area contributed by atoms with Crippen molar-refractivity contribution in [3.05, 3.63) is 0 Å². The van der Waals surface area contributed by atoms with Gasteiger partial charge in [-0.15, -0.1) is 0 Å². The minimum Gasteiger partial charge on any atom is -0.375 e. The first-order valence-corrected chi connectivity index (χ1v) is 8.62. The van der Waals surface area contributed by atoms with E-state index in [1.807, 2.05) is 0 Å². The fraction of sp³-hybridized carbons (Fsp3) is 1.00. The van der Waals surface area contributed by atoms with E-state index in [0.29, 0.717) is 5.60 Å². The third-order valence-corrected chi connectivity index (χ3v) is 6.09. The van der Waals surface area contributed by atoms with E-state index >= 15 is 0 Å². The highest BCUT2D eigenvalue weighted by Crippen LogP contribution is 2.45. The molecule has 2 heteroatoms. The van der Waals surface area contributed by atoms with Gasteiger partial charge in [-0.2, -0.15) is 0 Å². The lowest BCUT2D eigenvalue weighted by Gasteiger charge is -2.47. The molecule has 1 heterocycles. The minimum atomic E-state index is 0.299. The fourth-order valence-corrected chi connectivity index (χ4v) is 4.93. The summed E-state index contributed by atoms with van der Waals surface area (Å²) in [6, 6.07) is 0.781. The van der Waals surface area contributed by atoms with E-state index < -0.39 is 0 Å². The molecule has 3 rings (SSSR count). The second kappa shape index (κ2) is 6.13. The van der Waals surface area contributed by atoms with Gasteiger partial charge >= 0.3 is 0 Å². The van der Waals surface area contributed by atoms with E-state index in [1.54, 1.807) is 0 Å². The summed E-state index contributed by atoms with van der Waals surface area (Å²) in [5, 5.41) is 3.51. The van der Waals surface area contributed by atoms with Crippen molar-refractivity contribution in [2.75, 3.05) is 13.7 Å². The van der Waals surface area contributed by atoms with Crippen molar-refractivity contribution in [1.29, 1.82) is 0 Å². The topological polar surface area (TPSA) is 21.3 Å². The number of nitrogens with one attached hydrogen (secondary N) is 1. The summed E-state index contributed by atoms with van der Waals surface area (Å²) >= 11 is 0. The summed E-state index contributed by atoms with van der Waals surface area (Å²) < 4.78 is 6.27. The van der Waals surface area contributed by atoms with Gasteiger partial charge in [-0.05, 0) is 57.4 Å². The van der Waals surface area contributed by atoms with Crippen LogP contribution in [0.15, 0.2) is 0 Å². The van der Waals surface area contributed by atoms with Crippen LogP contribution >= 0.6 is 0 Å². The van der Waals surface area contributed by atoms with Crippen LogP contribution in [-0.2, 0) is 4.74 Å². The van der Waals surface area contributed by atoms with Gasteiger partial charge in [-0.25, -0.2) is 0 Å². The van der Waals surface area contributed by atoms with Gasteiger partial charge in [0.1, 0.15) is 0 Å². The van der Waals surface area contributed by atoms with E-state index in [-0.39, 0.29) is 0 Å². The standard InChI is InChI=1S/C17H31NO/c1-18-16-7-5-6-14(12-16)15-8-11-19-17(13-15)9-3-2-4-10-17/h14-16,18H,2-13H2,1H3. The molecule has 2 saturated carbocycles. The lowest BCUT2D eigenvalue weighted by atomic mass is 9.68. The summed E-state index contributed by atoms with van der Waals surface area (Å²) in [6.07, 6.45) is 15.3. The minimum absolute atomic E-state index is 0.299. The summed E-state index contributed by atoms with van der Waals surface area (Å²) in [7, 11) is 2.14. The molecule has 1 saturated heterocycles. The lowest BCUT2D eigenvalue weighted by Crippen LogP contribution is -2.44. The maximum atomic E-state index is 6.27. The van der Waals surface area contributed by atoms with Crippen LogP contribution in [0.5, 0.6) is 0 Å². The molecule has 1 spiro atoms. The Balaban J connectivity index is 1.61. The van der Waals surface area contributed by atoms with E-state index in [1.165, 1.54) is 70.6 Å². The third kappa shape index (κ3) is 3.16. The van der Waals surface area contributed by atoms with E-state index in [0.717, 1.165) is 24.5 Å². The van der Waals surface area contributed by atoms with Gasteiger partial charge in [0.05, 0.1) is 5.60 Å². The van der Waals surface area contributed by atoms with Gasteiger partial charge in [0.15, 0.2) is 0 Å². The van der Waals surface area contributed by atoms with Crippen molar-refractivity contribution in [2.24, 2.45) is 11.8 Å². The third-order valence-electron chi connectivity index (χ3n) is 6.09. The van der Waals surface area contributed by atoms with E-state index in [2.05, 4.69) is 12.4 Å². The molecule has 0 amide bonds. The van der Waals surface area contributed by atoms with Crippen molar-refractivity contribution >= 4 is 0 Å². The molecule has 19 heavy (non-hydrogen) atoms. The fourth-order valence-electron chi connectivity index (χ4n) is 4.93. The van der Waals surface area contributed by atoms with Gasteiger partial charge in [0, 0.05) is 12.6 Å². The Morgan fingerprint density at radius 1 is 0.947 bits per heavy atom. The van der Waals surface area contributed by atoms with Crippen molar-refractivity contribution in [3.8, 4) is 0 Å². The van der Waals surface area contributed by atoms with E-state index in [4.69, 9.17) is 4.74 Å². The second-order valence-corrected chi connectivity index (χ2v) is 7.26.